The van der Waals surface area contributed by atoms with Gasteiger partial charge in [-0.2, -0.15) is 0 Å². The highest BCUT2D eigenvalue weighted by Gasteiger charge is 2.43. The number of benzene rings is 1. The molecule has 52 heavy (non-hydrogen) atoms. The Balaban J connectivity index is 2.25. The Bertz CT molecular complexity index is 1260. The summed E-state index contributed by atoms with van der Waals surface area (Å²) < 4.78 is 12.0. The molecule has 1 fully saturated rings. The van der Waals surface area contributed by atoms with Gasteiger partial charge in [-0.25, -0.2) is 0 Å². The van der Waals surface area contributed by atoms with E-state index < -0.39 is 30.1 Å². The zero-order chi connectivity index (χ0) is 39.4. The van der Waals surface area contributed by atoms with Crippen molar-refractivity contribution in [3.05, 3.63) is 35.9 Å². The van der Waals surface area contributed by atoms with Crippen molar-refractivity contribution >= 4 is 23.4 Å². The SMILES string of the molecule is CC[C@H](C)C([C@@H](CC(=O)N1CCC[C@H]1[C@H](OC)[C@@H](C)C(=O)C[C@H](C)C(O)c1ccccc1)OC)N(C)C(=O)[C@@H](CC(=O)C(C(C)C)C(C)C)C(C)C. The van der Waals surface area contributed by atoms with Crippen molar-refractivity contribution in [1.82, 2.24) is 9.80 Å². The van der Waals surface area contributed by atoms with E-state index in [1.54, 1.807) is 26.2 Å². The Kier molecular flexibility index (Phi) is 18.7. The van der Waals surface area contributed by atoms with Crippen LogP contribution in [0.2, 0.25) is 0 Å². The quantitative estimate of drug-likeness (QED) is 0.132. The molecule has 1 heterocycles. The largest absolute Gasteiger partial charge is 0.388 e. The van der Waals surface area contributed by atoms with E-state index >= 15 is 0 Å². The summed E-state index contributed by atoms with van der Waals surface area (Å²) in [7, 11) is 4.98. The van der Waals surface area contributed by atoms with Gasteiger partial charge in [-0.15, -0.1) is 0 Å². The highest BCUT2D eigenvalue weighted by Crippen LogP contribution is 2.33. The predicted octanol–water partition coefficient (Wildman–Crippen LogP) is 7.40. The zero-order valence-electron chi connectivity index (χ0n) is 34.6. The molecule has 1 aromatic carbocycles. The molecule has 2 amide bonds. The standard InChI is InChI=1S/C43H72N2O7/c1-14-29(8)40(44(11)43(50)33(26(2)3)24-36(47)39(27(4)5)28(6)7)37(51-12)25-38(48)45-22-18-21-34(45)42(52-13)31(10)35(46)23-30(9)41(49)32-19-16-15-17-20-32/h15-17,19-20,26-31,33-34,37,39-42,49H,14,18,21-25H2,1-13H3/t29-,30-,31-,33-,34-,37+,40?,41?,42+/m0/s1. The molecule has 0 aromatic heterocycles. The van der Waals surface area contributed by atoms with Crippen LogP contribution in [0.4, 0.5) is 0 Å². The van der Waals surface area contributed by atoms with Crippen LogP contribution in [-0.2, 0) is 28.7 Å². The summed E-state index contributed by atoms with van der Waals surface area (Å²) in [4.78, 5) is 59.2. The topological polar surface area (TPSA) is 113 Å². The zero-order valence-corrected chi connectivity index (χ0v) is 34.6. The molecule has 0 aliphatic carbocycles. The first-order valence-corrected chi connectivity index (χ1v) is 19.8. The number of methoxy groups -OCH3 is 2. The average Bonchev–Trinajstić information content (AvgIpc) is 3.59. The maximum absolute atomic E-state index is 14.3. The molecule has 1 N–H and O–H groups in total. The van der Waals surface area contributed by atoms with Crippen molar-refractivity contribution in [2.75, 3.05) is 27.8 Å². The van der Waals surface area contributed by atoms with E-state index in [4.69, 9.17) is 9.47 Å². The van der Waals surface area contributed by atoms with Gasteiger partial charge >= 0.3 is 0 Å². The number of hydrogen-bond acceptors (Lipinski definition) is 7. The van der Waals surface area contributed by atoms with Gasteiger partial charge in [0.05, 0.1) is 36.8 Å². The Morgan fingerprint density at radius 3 is 1.92 bits per heavy atom. The van der Waals surface area contributed by atoms with E-state index in [0.717, 1.165) is 18.4 Å². The Morgan fingerprint density at radius 1 is 0.827 bits per heavy atom. The smallest absolute Gasteiger partial charge is 0.226 e. The fraction of sp³-hybridized carbons (Fsp3) is 0.767. The number of amides is 2. The number of Topliss-reactive ketones (excluding diaryl/α,β-unsaturated/α-hetero) is 2. The maximum Gasteiger partial charge on any atom is 0.226 e. The highest BCUT2D eigenvalue weighted by molar-refractivity contribution is 5.88. The highest BCUT2D eigenvalue weighted by atomic mass is 16.5. The van der Waals surface area contributed by atoms with Gasteiger partial charge in [-0.05, 0) is 48.0 Å². The number of rotatable bonds is 22. The van der Waals surface area contributed by atoms with Crippen LogP contribution in [0.5, 0.6) is 0 Å². The minimum absolute atomic E-state index is 0.00772. The van der Waals surface area contributed by atoms with Gasteiger partial charge in [0.2, 0.25) is 11.8 Å². The molecule has 0 spiro atoms. The summed E-state index contributed by atoms with van der Waals surface area (Å²) >= 11 is 0. The van der Waals surface area contributed by atoms with Crippen LogP contribution >= 0.6 is 0 Å². The first-order chi connectivity index (χ1) is 24.4. The van der Waals surface area contributed by atoms with E-state index in [-0.39, 0.29) is 90.2 Å². The van der Waals surface area contributed by atoms with Gasteiger partial charge < -0.3 is 24.4 Å². The van der Waals surface area contributed by atoms with Crippen molar-refractivity contribution in [2.45, 2.75) is 138 Å². The second-order valence-electron chi connectivity index (χ2n) is 16.6. The average molecular weight is 729 g/mol. The lowest BCUT2D eigenvalue weighted by atomic mass is 9.77. The third-order valence-electron chi connectivity index (χ3n) is 11.9. The molecule has 9 nitrogen and oxygen atoms in total. The van der Waals surface area contributed by atoms with Crippen molar-refractivity contribution < 1.29 is 33.8 Å². The van der Waals surface area contributed by atoms with Crippen LogP contribution in [0.25, 0.3) is 0 Å². The molecule has 9 heteroatoms. The van der Waals surface area contributed by atoms with E-state index in [0.29, 0.717) is 13.0 Å². The van der Waals surface area contributed by atoms with Crippen LogP contribution < -0.4 is 0 Å². The van der Waals surface area contributed by atoms with Crippen LogP contribution in [0.1, 0.15) is 119 Å². The molecule has 296 valence electrons. The van der Waals surface area contributed by atoms with Gasteiger partial charge in [0, 0.05) is 58.4 Å². The van der Waals surface area contributed by atoms with E-state index in [1.807, 2.05) is 62.9 Å². The molecule has 1 aliphatic rings. The fourth-order valence-electron chi connectivity index (χ4n) is 8.67. The lowest BCUT2D eigenvalue weighted by molar-refractivity contribution is -0.149. The first kappa shape index (κ1) is 45.5. The van der Waals surface area contributed by atoms with E-state index in [9.17, 15) is 24.3 Å². The van der Waals surface area contributed by atoms with Crippen LogP contribution in [0.3, 0.4) is 0 Å². The predicted molar refractivity (Wildman–Crippen MR) is 207 cm³/mol. The Labute approximate surface area is 315 Å². The minimum atomic E-state index is -0.759. The number of ketones is 2. The number of aliphatic hydroxyl groups is 1. The Morgan fingerprint density at radius 2 is 1.42 bits per heavy atom. The van der Waals surface area contributed by atoms with Gasteiger partial charge in [0.15, 0.2) is 0 Å². The number of nitrogens with zero attached hydrogens (tertiary/aromatic N) is 2. The molecule has 2 rings (SSSR count). The number of carbonyl (C=O) groups is 4. The summed E-state index contributed by atoms with van der Waals surface area (Å²) in [5.74, 6) is -1.04. The van der Waals surface area contributed by atoms with Crippen molar-refractivity contribution in [2.24, 2.45) is 47.3 Å². The van der Waals surface area contributed by atoms with Crippen molar-refractivity contribution in [3.8, 4) is 0 Å². The number of hydrogen-bond donors (Lipinski definition) is 1. The third-order valence-corrected chi connectivity index (χ3v) is 11.9. The van der Waals surface area contributed by atoms with Gasteiger partial charge in [0.1, 0.15) is 11.6 Å². The molecule has 1 aliphatic heterocycles. The molecular weight excluding hydrogens is 656 g/mol. The van der Waals surface area contributed by atoms with Gasteiger partial charge in [-0.1, -0.05) is 106 Å². The van der Waals surface area contributed by atoms with E-state index in [2.05, 4.69) is 41.5 Å². The third kappa shape index (κ3) is 11.7. The van der Waals surface area contributed by atoms with Gasteiger partial charge in [0.25, 0.3) is 0 Å². The molecule has 1 aromatic rings. The number of likely N-dealkylation sites (N-methyl/N-ethyl adjacent to an activating group) is 1. The normalized spacial score (nSPS) is 19.7. The van der Waals surface area contributed by atoms with Crippen molar-refractivity contribution in [1.29, 1.82) is 0 Å². The molecule has 9 atom stereocenters. The monoisotopic (exact) mass is 729 g/mol. The van der Waals surface area contributed by atoms with Crippen molar-refractivity contribution in [3.63, 3.8) is 0 Å². The summed E-state index contributed by atoms with van der Waals surface area (Å²) in [6.07, 6.45) is 0.924. The number of ether oxygens (including phenoxy) is 2. The van der Waals surface area contributed by atoms with Gasteiger partial charge in [-0.3, -0.25) is 19.2 Å². The second kappa shape index (κ2) is 21.3. The Hall–Kier alpha value is -2.62. The lowest BCUT2D eigenvalue weighted by Crippen LogP contribution is -2.54. The summed E-state index contributed by atoms with van der Waals surface area (Å²) in [6, 6.07) is 8.70. The van der Waals surface area contributed by atoms with E-state index in [1.165, 1.54) is 0 Å². The number of likely N-dealkylation sites (tertiary alicyclic amines) is 1. The molecular formula is C43H72N2O7. The van der Waals surface area contributed by atoms with Crippen LogP contribution in [0, 0.1) is 47.3 Å². The first-order valence-electron chi connectivity index (χ1n) is 19.8. The molecule has 0 radical (unpaired) electrons. The summed E-state index contributed by atoms with van der Waals surface area (Å²) in [5, 5.41) is 10.9. The van der Waals surface area contributed by atoms with Crippen LogP contribution in [-0.4, -0.2) is 90.4 Å². The number of aliphatic hydroxyl groups excluding tert-OH is 1. The second-order valence-corrected chi connectivity index (χ2v) is 16.6. The number of carbonyl (C=O) groups excluding carboxylic acids is 4. The molecule has 0 bridgehead atoms. The summed E-state index contributed by atoms with van der Waals surface area (Å²) in [5.41, 5.74) is 0.779. The lowest BCUT2D eigenvalue weighted by Gasteiger charge is -2.41. The molecule has 0 saturated carbocycles. The molecule has 1 saturated heterocycles. The molecule has 2 unspecified atom stereocenters. The maximum atomic E-state index is 14.3. The summed E-state index contributed by atoms with van der Waals surface area (Å²) in [6.45, 7) is 20.7. The minimum Gasteiger partial charge on any atom is -0.388 e. The van der Waals surface area contributed by atoms with Crippen LogP contribution in [0.15, 0.2) is 30.3 Å². The fourth-order valence-corrected chi connectivity index (χ4v) is 8.67.